The number of carbonyl (C=O) groups is 1. The third-order valence-corrected chi connectivity index (χ3v) is 6.16. The molecule has 16 heavy (non-hydrogen) atoms. The highest BCUT2D eigenvalue weighted by Crippen LogP contribution is 2.39. The Hall–Kier alpha value is -0.0900. The van der Waals surface area contributed by atoms with E-state index in [-0.39, 0.29) is 5.97 Å². The van der Waals surface area contributed by atoms with Crippen molar-refractivity contribution in [1.29, 1.82) is 0 Å². The quantitative estimate of drug-likeness (QED) is 0.574. The van der Waals surface area contributed by atoms with Gasteiger partial charge < -0.3 is 4.74 Å². The lowest BCUT2D eigenvalue weighted by atomic mass is 9.86. The Morgan fingerprint density at radius 3 is 2.88 bits per heavy atom. The van der Waals surface area contributed by atoms with Gasteiger partial charge in [0.15, 0.2) is 0 Å². The Morgan fingerprint density at radius 1 is 1.44 bits per heavy atom. The lowest BCUT2D eigenvalue weighted by Crippen LogP contribution is -2.31. The molecule has 0 spiro atoms. The Balaban J connectivity index is 1.89. The first kappa shape index (κ1) is 12.4. The zero-order valence-electron chi connectivity index (χ0n) is 9.39. The number of ether oxygens (including phenoxy) is 1. The van der Waals surface area contributed by atoms with Crippen LogP contribution in [0.4, 0.5) is 0 Å². The van der Waals surface area contributed by atoms with Crippen molar-refractivity contribution < 1.29 is 9.53 Å². The van der Waals surface area contributed by atoms with Crippen LogP contribution in [0.3, 0.4) is 0 Å². The number of hydrogen-bond donors (Lipinski definition) is 0. The molecule has 0 aromatic heterocycles. The van der Waals surface area contributed by atoms with Crippen LogP contribution in [0.2, 0.25) is 0 Å². The molecular weight excluding hydrogens is 240 g/mol. The van der Waals surface area contributed by atoms with Gasteiger partial charge in [0, 0.05) is 12.3 Å². The normalized spacial score (nSPS) is 32.1. The van der Waals surface area contributed by atoms with E-state index in [2.05, 4.69) is 6.58 Å². The maximum absolute atomic E-state index is 11.3. The number of rotatable bonds is 3. The first-order chi connectivity index (χ1) is 7.79. The smallest absolute Gasteiger partial charge is 0.306 e. The van der Waals surface area contributed by atoms with E-state index in [1.807, 2.05) is 29.6 Å². The molecule has 2 aliphatic rings. The summed E-state index contributed by atoms with van der Waals surface area (Å²) in [5, 5.41) is 0. The standard InChI is InChI=1S/C12H18O2S2/c1-2-9-8-14-11(13)6-10(9)7-12-15-4-3-5-16-12/h2,9-10,12H,1,3-8H2/t9-,10-/m0/s1. The van der Waals surface area contributed by atoms with E-state index >= 15 is 0 Å². The van der Waals surface area contributed by atoms with E-state index in [0.29, 0.717) is 29.4 Å². The molecule has 0 unspecified atom stereocenters. The lowest BCUT2D eigenvalue weighted by Gasteiger charge is -2.32. The average molecular weight is 258 g/mol. The van der Waals surface area contributed by atoms with Crippen molar-refractivity contribution in [3.63, 3.8) is 0 Å². The average Bonchev–Trinajstić information content (AvgIpc) is 2.31. The summed E-state index contributed by atoms with van der Waals surface area (Å²) in [4.78, 5) is 11.3. The zero-order chi connectivity index (χ0) is 11.4. The monoisotopic (exact) mass is 258 g/mol. The molecule has 90 valence electrons. The summed E-state index contributed by atoms with van der Waals surface area (Å²) in [6.45, 7) is 4.38. The van der Waals surface area contributed by atoms with Crippen LogP contribution in [0.15, 0.2) is 12.7 Å². The molecule has 0 aliphatic carbocycles. The summed E-state index contributed by atoms with van der Waals surface area (Å²) in [5.41, 5.74) is 0. The molecule has 0 bridgehead atoms. The van der Waals surface area contributed by atoms with Crippen LogP contribution in [0.5, 0.6) is 0 Å². The highest BCUT2D eigenvalue weighted by molar-refractivity contribution is 8.17. The highest BCUT2D eigenvalue weighted by atomic mass is 32.2. The molecule has 2 fully saturated rings. The van der Waals surface area contributed by atoms with Crippen molar-refractivity contribution in [2.45, 2.75) is 23.8 Å². The fourth-order valence-corrected chi connectivity index (χ4v) is 5.25. The van der Waals surface area contributed by atoms with Gasteiger partial charge in [0.05, 0.1) is 11.2 Å². The fourth-order valence-electron chi connectivity index (χ4n) is 2.19. The number of carbonyl (C=O) groups excluding carboxylic acids is 1. The number of cyclic esters (lactones) is 1. The Bertz CT molecular complexity index is 262. The summed E-state index contributed by atoms with van der Waals surface area (Å²) in [6, 6.07) is 0. The molecule has 4 heteroatoms. The van der Waals surface area contributed by atoms with E-state index in [1.54, 1.807) is 0 Å². The van der Waals surface area contributed by atoms with Gasteiger partial charge in [-0.3, -0.25) is 4.79 Å². The molecule has 0 N–H and O–H groups in total. The first-order valence-electron chi connectivity index (χ1n) is 5.81. The van der Waals surface area contributed by atoms with Crippen LogP contribution in [-0.2, 0) is 9.53 Å². The second-order valence-electron chi connectivity index (χ2n) is 4.31. The number of hydrogen-bond acceptors (Lipinski definition) is 4. The number of thioether (sulfide) groups is 2. The van der Waals surface area contributed by atoms with Crippen LogP contribution in [0, 0.1) is 11.8 Å². The predicted octanol–water partition coefficient (Wildman–Crippen LogP) is 2.94. The summed E-state index contributed by atoms with van der Waals surface area (Å²) >= 11 is 4.09. The van der Waals surface area contributed by atoms with Crippen LogP contribution in [0.25, 0.3) is 0 Å². The molecule has 0 amide bonds. The third-order valence-electron chi connectivity index (χ3n) is 3.17. The maximum atomic E-state index is 11.3. The van der Waals surface area contributed by atoms with Crippen LogP contribution in [-0.4, -0.2) is 28.7 Å². The SMILES string of the molecule is C=C[C@H]1COC(=O)C[C@H]1CC1SCCCS1. The molecule has 2 heterocycles. The molecule has 2 saturated heterocycles. The van der Waals surface area contributed by atoms with E-state index < -0.39 is 0 Å². The van der Waals surface area contributed by atoms with Gasteiger partial charge in [0.25, 0.3) is 0 Å². The van der Waals surface area contributed by atoms with Crippen molar-refractivity contribution in [2.24, 2.45) is 11.8 Å². The molecular formula is C12H18O2S2. The first-order valence-corrected chi connectivity index (χ1v) is 7.90. The van der Waals surface area contributed by atoms with Crippen molar-refractivity contribution >= 4 is 29.5 Å². The molecule has 0 saturated carbocycles. The minimum atomic E-state index is -0.0334. The molecule has 2 rings (SSSR count). The molecule has 0 aromatic rings. The van der Waals surface area contributed by atoms with E-state index in [9.17, 15) is 4.79 Å². The second-order valence-corrected chi connectivity index (χ2v) is 7.23. The molecule has 0 aromatic carbocycles. The minimum absolute atomic E-state index is 0.0334. The Morgan fingerprint density at radius 2 is 2.19 bits per heavy atom. The van der Waals surface area contributed by atoms with Crippen molar-refractivity contribution in [3.05, 3.63) is 12.7 Å². The van der Waals surface area contributed by atoms with Crippen molar-refractivity contribution in [1.82, 2.24) is 0 Å². The third kappa shape index (κ3) is 3.20. The van der Waals surface area contributed by atoms with Crippen LogP contribution >= 0.6 is 23.5 Å². The summed E-state index contributed by atoms with van der Waals surface area (Å²) in [6.07, 6.45) is 4.98. The van der Waals surface area contributed by atoms with Gasteiger partial charge in [-0.1, -0.05) is 6.08 Å². The second kappa shape index (κ2) is 6.01. The molecule has 2 nitrogen and oxygen atoms in total. The minimum Gasteiger partial charge on any atom is -0.465 e. The van der Waals surface area contributed by atoms with Gasteiger partial charge >= 0.3 is 5.97 Å². The summed E-state index contributed by atoms with van der Waals surface area (Å²) < 4.78 is 5.75. The van der Waals surface area contributed by atoms with E-state index in [4.69, 9.17) is 4.74 Å². The van der Waals surface area contributed by atoms with E-state index in [1.165, 1.54) is 17.9 Å². The van der Waals surface area contributed by atoms with Gasteiger partial charge in [-0.25, -0.2) is 0 Å². The van der Waals surface area contributed by atoms with Crippen molar-refractivity contribution in [3.8, 4) is 0 Å². The van der Waals surface area contributed by atoms with Crippen LogP contribution in [0.1, 0.15) is 19.3 Å². The van der Waals surface area contributed by atoms with Gasteiger partial charge in [-0.2, -0.15) is 0 Å². The lowest BCUT2D eigenvalue weighted by molar-refractivity contribution is -0.151. The molecule has 2 atom stereocenters. The highest BCUT2D eigenvalue weighted by Gasteiger charge is 2.31. The summed E-state index contributed by atoms with van der Waals surface area (Å²) in [7, 11) is 0. The van der Waals surface area contributed by atoms with Gasteiger partial charge in [0.1, 0.15) is 0 Å². The zero-order valence-corrected chi connectivity index (χ0v) is 11.0. The summed E-state index contributed by atoms with van der Waals surface area (Å²) in [5.74, 6) is 3.32. The van der Waals surface area contributed by atoms with Crippen molar-refractivity contribution in [2.75, 3.05) is 18.1 Å². The topological polar surface area (TPSA) is 26.3 Å². The molecule has 2 aliphatic heterocycles. The largest absolute Gasteiger partial charge is 0.465 e. The Labute approximate surface area is 106 Å². The number of esters is 1. The Kier molecular flexibility index (Phi) is 4.65. The van der Waals surface area contributed by atoms with E-state index in [0.717, 1.165) is 6.42 Å². The van der Waals surface area contributed by atoms with Gasteiger partial charge in [-0.15, -0.1) is 30.1 Å². The van der Waals surface area contributed by atoms with Gasteiger partial charge in [0.2, 0.25) is 0 Å². The maximum Gasteiger partial charge on any atom is 0.306 e. The molecule has 0 radical (unpaired) electrons. The predicted molar refractivity (Wildman–Crippen MR) is 70.7 cm³/mol. The van der Waals surface area contributed by atoms with Gasteiger partial charge in [-0.05, 0) is 30.3 Å². The van der Waals surface area contributed by atoms with Crippen LogP contribution < -0.4 is 0 Å². The fraction of sp³-hybridized carbons (Fsp3) is 0.750.